The smallest absolute Gasteiger partial charge is 0.420 e. The monoisotopic (exact) mass is 458 g/mol. The van der Waals surface area contributed by atoms with Gasteiger partial charge in [0.15, 0.2) is 0 Å². The molecular weight excluding hydrogens is 437 g/mol. The molecule has 31 heavy (non-hydrogen) atoms. The molecule has 1 amide bonds. The average molecular weight is 459 g/mol. The van der Waals surface area contributed by atoms with E-state index in [1.807, 2.05) is 20.8 Å². The third-order valence-corrected chi connectivity index (χ3v) is 5.34. The van der Waals surface area contributed by atoms with E-state index in [-0.39, 0.29) is 5.95 Å². The molecule has 3 rings (SSSR count). The summed E-state index contributed by atoms with van der Waals surface area (Å²) in [6, 6.07) is 3.09. The fourth-order valence-corrected chi connectivity index (χ4v) is 4.02. The van der Waals surface area contributed by atoms with Crippen LogP contribution in [0.5, 0.6) is 5.75 Å². The third-order valence-electron chi connectivity index (χ3n) is 5.05. The second kappa shape index (κ2) is 8.07. The molecule has 1 aliphatic heterocycles. The van der Waals surface area contributed by atoms with Gasteiger partial charge in [0.05, 0.1) is 18.8 Å². The Bertz CT molecular complexity index is 1010. The maximum Gasteiger partial charge on any atom is 0.420 e. The van der Waals surface area contributed by atoms with Crippen molar-refractivity contribution in [3.05, 3.63) is 40.2 Å². The lowest BCUT2D eigenvalue weighted by Crippen LogP contribution is -2.44. The van der Waals surface area contributed by atoms with E-state index >= 15 is 0 Å². The van der Waals surface area contributed by atoms with Crippen LogP contribution in [-0.4, -0.2) is 39.7 Å². The topological polar surface area (TPSA) is 87.6 Å². The largest absolute Gasteiger partial charge is 0.495 e. The molecule has 1 atom stereocenters. The number of hydrogen-bond donors (Lipinski definition) is 2. The Morgan fingerprint density at radius 2 is 2.00 bits per heavy atom. The maximum atomic E-state index is 12.9. The summed E-state index contributed by atoms with van der Waals surface area (Å²) in [5, 5.41) is 11.8. The van der Waals surface area contributed by atoms with Crippen molar-refractivity contribution in [1.82, 2.24) is 14.9 Å². The molecule has 0 fully saturated rings. The second-order valence-electron chi connectivity index (χ2n) is 8.27. The molecule has 7 nitrogen and oxygen atoms in total. The fourth-order valence-electron chi connectivity index (χ4n) is 3.79. The van der Waals surface area contributed by atoms with E-state index in [9.17, 15) is 23.1 Å². The summed E-state index contributed by atoms with van der Waals surface area (Å²) in [4.78, 5) is 20.6. The first-order chi connectivity index (χ1) is 14.3. The van der Waals surface area contributed by atoms with Crippen molar-refractivity contribution < 1.29 is 27.8 Å². The molecule has 0 bridgehead atoms. The van der Waals surface area contributed by atoms with Crippen molar-refractivity contribution in [3.63, 3.8) is 0 Å². The molecule has 0 radical (unpaired) electrons. The van der Waals surface area contributed by atoms with Gasteiger partial charge in [-0.2, -0.15) is 13.2 Å². The normalized spacial score (nSPS) is 16.6. The zero-order valence-electron chi connectivity index (χ0n) is 17.3. The number of anilines is 2. The fraction of sp³-hybridized carbons (Fsp3) is 0.450. The summed E-state index contributed by atoms with van der Waals surface area (Å²) < 4.78 is 44.2. The third kappa shape index (κ3) is 4.63. The minimum Gasteiger partial charge on any atom is -0.495 e. The number of benzene rings is 1. The number of rotatable bonds is 3. The molecule has 0 saturated carbocycles. The Morgan fingerprint density at radius 3 is 2.52 bits per heavy atom. The lowest BCUT2D eigenvalue weighted by Gasteiger charge is -2.43. The number of carboxylic acid groups (broad SMARTS) is 1. The highest BCUT2D eigenvalue weighted by Gasteiger charge is 2.39. The number of halogens is 4. The summed E-state index contributed by atoms with van der Waals surface area (Å²) in [7, 11) is 1.46. The zero-order valence-corrected chi connectivity index (χ0v) is 18.1. The van der Waals surface area contributed by atoms with E-state index in [0.29, 0.717) is 30.6 Å². The number of nitrogens with one attached hydrogen (secondary N) is 1. The van der Waals surface area contributed by atoms with E-state index in [1.165, 1.54) is 12.0 Å². The van der Waals surface area contributed by atoms with Crippen molar-refractivity contribution in [2.24, 2.45) is 5.41 Å². The highest BCUT2D eigenvalue weighted by Crippen LogP contribution is 2.45. The Labute approximate surface area is 182 Å². The molecule has 2 N–H and O–H groups in total. The molecule has 11 heteroatoms. The molecule has 168 valence electrons. The van der Waals surface area contributed by atoms with E-state index < -0.39 is 34.4 Å². The van der Waals surface area contributed by atoms with Crippen molar-refractivity contribution in [2.75, 3.05) is 19.0 Å². The quantitative estimate of drug-likeness (QED) is 0.588. The van der Waals surface area contributed by atoms with E-state index in [2.05, 4.69) is 15.3 Å². The molecule has 0 spiro atoms. The number of amides is 1. The first-order valence-electron chi connectivity index (χ1n) is 9.40. The SMILES string of the molecule is COc1cc2c(cc1Nc1ncc(C(F)(F)F)c(Cl)n1)C(C(C)(C)C)N(C(=O)O)CC2. The van der Waals surface area contributed by atoms with E-state index in [1.54, 1.807) is 12.1 Å². The van der Waals surface area contributed by atoms with Gasteiger partial charge in [0, 0.05) is 12.7 Å². The number of aromatic nitrogens is 2. The molecular formula is C20H22ClF3N4O3. The number of nitrogens with zero attached hydrogens (tertiary/aromatic N) is 3. The van der Waals surface area contributed by atoms with Gasteiger partial charge in [0.25, 0.3) is 0 Å². The summed E-state index contributed by atoms with van der Waals surface area (Å²) >= 11 is 5.69. The Morgan fingerprint density at radius 1 is 1.32 bits per heavy atom. The standard InChI is InChI=1S/C20H22ClF3N4O3/c1-19(2,3)15-11-8-13(14(31-4)7-10(11)5-6-28(15)18(29)30)26-17-25-9-12(16(21)27-17)20(22,23)24/h7-9,15H,5-6H2,1-4H3,(H,29,30)(H,25,26,27). The van der Waals surface area contributed by atoms with Gasteiger partial charge in [-0.15, -0.1) is 0 Å². The lowest BCUT2D eigenvalue weighted by atomic mass is 9.77. The zero-order chi connectivity index (χ0) is 23.1. The van der Waals surface area contributed by atoms with Gasteiger partial charge in [-0.1, -0.05) is 32.4 Å². The second-order valence-corrected chi connectivity index (χ2v) is 8.62. The van der Waals surface area contributed by atoms with Crippen molar-refractivity contribution in [2.45, 2.75) is 39.4 Å². The molecule has 0 saturated heterocycles. The van der Waals surface area contributed by atoms with Gasteiger partial charge in [-0.25, -0.2) is 14.8 Å². The summed E-state index contributed by atoms with van der Waals surface area (Å²) in [6.45, 7) is 6.17. The minimum absolute atomic E-state index is 0.144. The summed E-state index contributed by atoms with van der Waals surface area (Å²) in [5.74, 6) is 0.282. The predicted molar refractivity (Wildman–Crippen MR) is 109 cm³/mol. The molecule has 2 heterocycles. The minimum atomic E-state index is -4.67. The van der Waals surface area contributed by atoms with Crippen molar-refractivity contribution in [3.8, 4) is 5.75 Å². The van der Waals surface area contributed by atoms with Crippen LogP contribution < -0.4 is 10.1 Å². The number of carbonyl (C=O) groups is 1. The average Bonchev–Trinajstić information content (AvgIpc) is 2.64. The first-order valence-corrected chi connectivity index (χ1v) is 9.78. The van der Waals surface area contributed by atoms with E-state index in [0.717, 1.165) is 11.1 Å². The lowest BCUT2D eigenvalue weighted by molar-refractivity contribution is -0.137. The van der Waals surface area contributed by atoms with Crippen LogP contribution in [0, 0.1) is 5.41 Å². The van der Waals surface area contributed by atoms with Crippen LogP contribution in [0.3, 0.4) is 0 Å². The first kappa shape index (κ1) is 22.9. The maximum absolute atomic E-state index is 12.9. The van der Waals surface area contributed by atoms with Crippen LogP contribution in [0.25, 0.3) is 0 Å². The van der Waals surface area contributed by atoms with Gasteiger partial charge in [-0.3, -0.25) is 0 Å². The van der Waals surface area contributed by atoms with Crippen molar-refractivity contribution in [1.29, 1.82) is 0 Å². The Balaban J connectivity index is 2.06. The van der Waals surface area contributed by atoms with Gasteiger partial charge in [0.1, 0.15) is 16.5 Å². The molecule has 2 aromatic rings. The van der Waals surface area contributed by atoms with Crippen LogP contribution in [0.15, 0.2) is 18.3 Å². The van der Waals surface area contributed by atoms with E-state index in [4.69, 9.17) is 16.3 Å². The molecule has 0 aliphatic carbocycles. The van der Waals surface area contributed by atoms with Crippen LogP contribution >= 0.6 is 11.6 Å². The van der Waals surface area contributed by atoms with Crippen LogP contribution in [-0.2, 0) is 12.6 Å². The number of methoxy groups -OCH3 is 1. The van der Waals surface area contributed by atoms with Gasteiger partial charge < -0.3 is 20.1 Å². The van der Waals surface area contributed by atoms with Crippen LogP contribution in [0.2, 0.25) is 5.15 Å². The highest BCUT2D eigenvalue weighted by molar-refractivity contribution is 6.30. The number of fused-ring (bicyclic) bond motifs is 1. The van der Waals surface area contributed by atoms with Gasteiger partial charge in [0.2, 0.25) is 5.95 Å². The number of hydrogen-bond acceptors (Lipinski definition) is 5. The van der Waals surface area contributed by atoms with Crippen molar-refractivity contribution >= 4 is 29.3 Å². The highest BCUT2D eigenvalue weighted by atomic mass is 35.5. The predicted octanol–water partition coefficient (Wildman–Crippen LogP) is 5.52. The molecule has 1 aliphatic rings. The molecule has 1 aromatic carbocycles. The number of alkyl halides is 3. The van der Waals surface area contributed by atoms with Crippen LogP contribution in [0.4, 0.5) is 29.6 Å². The Kier molecular flexibility index (Phi) is 5.96. The Hall–Kier alpha value is -2.75. The van der Waals surface area contributed by atoms with Gasteiger partial charge in [-0.05, 0) is 35.1 Å². The summed E-state index contributed by atoms with van der Waals surface area (Å²) in [6.07, 6.45) is -4.58. The molecule has 1 aromatic heterocycles. The number of ether oxygens (including phenoxy) is 1. The van der Waals surface area contributed by atoms with Gasteiger partial charge >= 0.3 is 12.3 Å². The molecule has 1 unspecified atom stereocenters. The van der Waals surface area contributed by atoms with Crippen LogP contribution in [0.1, 0.15) is 43.5 Å². The summed E-state index contributed by atoms with van der Waals surface area (Å²) in [5.41, 5.74) is 0.558.